The van der Waals surface area contributed by atoms with Gasteiger partial charge in [0.15, 0.2) is 0 Å². The highest BCUT2D eigenvalue weighted by molar-refractivity contribution is 4.73. The Morgan fingerprint density at radius 3 is 2.57 bits per heavy atom. The Balaban J connectivity index is 3.27. The molecule has 0 N–H and O–H groups in total. The molecular weight excluding hydrogens is 197 g/mol. The van der Waals surface area contributed by atoms with Gasteiger partial charge in [-0.2, -0.15) is 18.4 Å². The first-order valence-corrected chi connectivity index (χ1v) is 4.15. The first-order chi connectivity index (χ1) is 6.45. The molecule has 0 saturated heterocycles. The van der Waals surface area contributed by atoms with Gasteiger partial charge in [-0.25, -0.2) is 0 Å². The summed E-state index contributed by atoms with van der Waals surface area (Å²) in [6, 6.07) is 1.94. The molecule has 0 aliphatic carbocycles. The highest BCUT2D eigenvalue weighted by Gasteiger charge is 2.27. The van der Waals surface area contributed by atoms with Gasteiger partial charge in [-0.15, -0.1) is 0 Å². The zero-order chi connectivity index (χ0) is 11.0. The summed E-state index contributed by atoms with van der Waals surface area (Å²) in [6.07, 6.45) is -3.76. The van der Waals surface area contributed by atoms with E-state index in [0.29, 0.717) is 13.0 Å². The predicted molar refractivity (Wildman–Crippen MR) is 44.6 cm³/mol. The molecule has 14 heavy (non-hydrogen) atoms. The van der Waals surface area contributed by atoms with Crippen LogP contribution in [0.1, 0.15) is 6.42 Å². The maximum absolute atomic E-state index is 11.6. The van der Waals surface area contributed by atoms with Gasteiger partial charge in [-0.1, -0.05) is 0 Å². The van der Waals surface area contributed by atoms with E-state index in [1.165, 1.54) is 0 Å². The van der Waals surface area contributed by atoms with Crippen molar-refractivity contribution in [2.75, 3.05) is 33.4 Å². The van der Waals surface area contributed by atoms with Crippen molar-refractivity contribution >= 4 is 0 Å². The molecule has 0 fully saturated rings. The van der Waals surface area contributed by atoms with Crippen LogP contribution in [0.4, 0.5) is 13.2 Å². The van der Waals surface area contributed by atoms with Crippen molar-refractivity contribution in [1.82, 2.24) is 4.90 Å². The molecule has 0 radical (unpaired) electrons. The number of nitriles is 1. The van der Waals surface area contributed by atoms with Gasteiger partial charge in [-0.3, -0.25) is 4.90 Å². The summed E-state index contributed by atoms with van der Waals surface area (Å²) in [5.74, 6) is 0. The van der Waals surface area contributed by atoms with Crippen molar-refractivity contribution < 1.29 is 17.9 Å². The van der Waals surface area contributed by atoms with Gasteiger partial charge in [0.05, 0.1) is 12.6 Å². The first kappa shape index (κ1) is 13.2. The number of alkyl halides is 3. The number of rotatable bonds is 6. The Morgan fingerprint density at radius 1 is 1.43 bits per heavy atom. The second-order valence-corrected chi connectivity index (χ2v) is 2.92. The summed E-state index contributed by atoms with van der Waals surface area (Å²) in [4.78, 5) is 1.72. The molecule has 0 aromatic heterocycles. The topological polar surface area (TPSA) is 36.3 Å². The van der Waals surface area contributed by atoms with E-state index in [0.717, 1.165) is 0 Å². The van der Waals surface area contributed by atoms with Crippen molar-refractivity contribution in [2.24, 2.45) is 0 Å². The molecule has 0 amide bonds. The van der Waals surface area contributed by atoms with E-state index in [4.69, 9.17) is 5.26 Å². The lowest BCUT2D eigenvalue weighted by Gasteiger charge is -2.12. The molecule has 0 atom stereocenters. The minimum atomic E-state index is -4.25. The Bertz CT molecular complexity index is 188. The number of hydrogen-bond donors (Lipinski definition) is 0. The molecule has 0 heterocycles. The third-order valence-corrected chi connectivity index (χ3v) is 1.43. The van der Waals surface area contributed by atoms with Crippen LogP contribution < -0.4 is 0 Å². The fourth-order valence-electron chi connectivity index (χ4n) is 0.824. The third-order valence-electron chi connectivity index (χ3n) is 1.43. The summed E-state index contributed by atoms with van der Waals surface area (Å²) in [5, 5.41) is 8.27. The number of halogens is 3. The SMILES string of the molecule is CN(CC#N)CCCOCC(F)(F)F. The van der Waals surface area contributed by atoms with Crippen molar-refractivity contribution in [3.8, 4) is 6.07 Å². The molecule has 82 valence electrons. The standard InChI is InChI=1S/C8H13F3N2O/c1-13(5-3-12)4-2-6-14-7-8(9,10)11/h2,4-7H2,1H3. The molecule has 0 aromatic rings. The van der Waals surface area contributed by atoms with Crippen LogP contribution >= 0.6 is 0 Å². The molecule has 0 aliphatic heterocycles. The molecule has 3 nitrogen and oxygen atoms in total. The van der Waals surface area contributed by atoms with E-state index in [2.05, 4.69) is 4.74 Å². The summed E-state index contributed by atoms with van der Waals surface area (Å²) < 4.78 is 39.1. The molecule has 0 bridgehead atoms. The molecule has 0 saturated carbocycles. The predicted octanol–water partition coefficient (Wildman–Crippen LogP) is 1.41. The quantitative estimate of drug-likeness (QED) is 0.491. The maximum Gasteiger partial charge on any atom is 0.411 e. The summed E-state index contributed by atoms with van der Waals surface area (Å²) in [7, 11) is 1.73. The Labute approximate surface area is 81.1 Å². The lowest BCUT2D eigenvalue weighted by Crippen LogP contribution is -2.22. The highest BCUT2D eigenvalue weighted by atomic mass is 19.4. The molecule has 0 spiro atoms. The second-order valence-electron chi connectivity index (χ2n) is 2.92. The second kappa shape index (κ2) is 6.62. The van der Waals surface area contributed by atoms with Crippen molar-refractivity contribution in [2.45, 2.75) is 12.6 Å². The Hall–Kier alpha value is -0.800. The van der Waals surface area contributed by atoms with Crippen LogP contribution in [0.3, 0.4) is 0 Å². The molecule has 0 unspecified atom stereocenters. The monoisotopic (exact) mass is 210 g/mol. The summed E-state index contributed by atoms with van der Waals surface area (Å²) >= 11 is 0. The molecule has 0 aromatic carbocycles. The van der Waals surface area contributed by atoms with E-state index in [1.54, 1.807) is 11.9 Å². The van der Waals surface area contributed by atoms with E-state index >= 15 is 0 Å². The van der Waals surface area contributed by atoms with E-state index in [9.17, 15) is 13.2 Å². The van der Waals surface area contributed by atoms with Crippen LogP contribution in [0.5, 0.6) is 0 Å². The van der Waals surface area contributed by atoms with E-state index in [1.807, 2.05) is 6.07 Å². The zero-order valence-electron chi connectivity index (χ0n) is 7.97. The van der Waals surface area contributed by atoms with Gasteiger partial charge in [0.1, 0.15) is 6.61 Å². The van der Waals surface area contributed by atoms with Gasteiger partial charge >= 0.3 is 6.18 Å². The zero-order valence-corrected chi connectivity index (χ0v) is 7.97. The lowest BCUT2D eigenvalue weighted by molar-refractivity contribution is -0.174. The molecule has 0 rings (SSSR count). The van der Waals surface area contributed by atoms with E-state index < -0.39 is 12.8 Å². The fourth-order valence-corrected chi connectivity index (χ4v) is 0.824. The number of hydrogen-bond acceptors (Lipinski definition) is 3. The third kappa shape index (κ3) is 9.29. The summed E-state index contributed by atoms with van der Waals surface area (Å²) in [6.45, 7) is -0.297. The van der Waals surface area contributed by atoms with Crippen LogP contribution in [-0.4, -0.2) is 44.4 Å². The number of nitrogens with zero attached hydrogens (tertiary/aromatic N) is 2. The largest absolute Gasteiger partial charge is 0.411 e. The van der Waals surface area contributed by atoms with Crippen LogP contribution in [-0.2, 0) is 4.74 Å². The van der Waals surface area contributed by atoms with Crippen molar-refractivity contribution in [3.63, 3.8) is 0 Å². The molecular formula is C8H13F3N2O. The van der Waals surface area contributed by atoms with Gasteiger partial charge in [-0.05, 0) is 13.5 Å². The van der Waals surface area contributed by atoms with Gasteiger partial charge in [0.2, 0.25) is 0 Å². The minimum Gasteiger partial charge on any atom is -0.372 e. The highest BCUT2D eigenvalue weighted by Crippen LogP contribution is 2.14. The van der Waals surface area contributed by atoms with Crippen LogP contribution in [0.25, 0.3) is 0 Å². The van der Waals surface area contributed by atoms with Crippen LogP contribution in [0.2, 0.25) is 0 Å². The van der Waals surface area contributed by atoms with Gasteiger partial charge < -0.3 is 4.74 Å². The maximum atomic E-state index is 11.6. The normalized spacial score (nSPS) is 11.7. The minimum absolute atomic E-state index is 0.0648. The average molecular weight is 210 g/mol. The number of ether oxygens (including phenoxy) is 1. The summed E-state index contributed by atoms with van der Waals surface area (Å²) in [5.41, 5.74) is 0. The lowest BCUT2D eigenvalue weighted by atomic mass is 10.4. The molecule has 6 heteroatoms. The Kier molecular flexibility index (Phi) is 6.25. The Morgan fingerprint density at radius 2 is 2.07 bits per heavy atom. The fraction of sp³-hybridized carbons (Fsp3) is 0.875. The van der Waals surface area contributed by atoms with Crippen molar-refractivity contribution in [1.29, 1.82) is 5.26 Å². The first-order valence-electron chi connectivity index (χ1n) is 4.15. The van der Waals surface area contributed by atoms with Gasteiger partial charge in [0, 0.05) is 13.2 Å². The van der Waals surface area contributed by atoms with Gasteiger partial charge in [0.25, 0.3) is 0 Å². The average Bonchev–Trinajstić information content (AvgIpc) is 2.02. The van der Waals surface area contributed by atoms with Crippen LogP contribution in [0, 0.1) is 11.3 Å². The van der Waals surface area contributed by atoms with E-state index in [-0.39, 0.29) is 13.2 Å². The van der Waals surface area contributed by atoms with Crippen molar-refractivity contribution in [3.05, 3.63) is 0 Å². The smallest absolute Gasteiger partial charge is 0.372 e. The van der Waals surface area contributed by atoms with Crippen LogP contribution in [0.15, 0.2) is 0 Å². The molecule has 0 aliphatic rings.